The normalized spacial score (nSPS) is 16.3. The van der Waals surface area contributed by atoms with E-state index < -0.39 is 28.8 Å². The first-order valence-corrected chi connectivity index (χ1v) is 10.2. The molecule has 0 spiro atoms. The van der Waals surface area contributed by atoms with Crippen LogP contribution < -0.4 is 10.0 Å². The third-order valence-corrected chi connectivity index (χ3v) is 6.07. The van der Waals surface area contributed by atoms with Crippen LogP contribution in [0.25, 0.3) is 0 Å². The number of amides is 1. The molecule has 2 aromatic carbocycles. The molecule has 1 aliphatic rings. The molecule has 0 aliphatic carbocycles. The molecule has 1 amide bonds. The minimum absolute atomic E-state index is 0.0190. The number of benzene rings is 2. The second kappa shape index (κ2) is 8.18. The Morgan fingerprint density at radius 2 is 1.89 bits per heavy atom. The van der Waals surface area contributed by atoms with Crippen LogP contribution in [0, 0.1) is 0 Å². The van der Waals surface area contributed by atoms with E-state index in [-0.39, 0.29) is 17.2 Å². The Morgan fingerprint density at radius 1 is 1.15 bits per heavy atom. The average Bonchev–Trinajstić information content (AvgIpc) is 2.68. The van der Waals surface area contributed by atoms with Crippen LogP contribution in [0.4, 0.5) is 0 Å². The number of nitrogens with one attached hydrogen (secondary N) is 2. The lowest BCUT2D eigenvalue weighted by Gasteiger charge is -2.21. The van der Waals surface area contributed by atoms with Crippen LogP contribution in [0.1, 0.15) is 34.0 Å². The van der Waals surface area contributed by atoms with Gasteiger partial charge in [-0.15, -0.1) is 0 Å². The van der Waals surface area contributed by atoms with Crippen LogP contribution in [-0.4, -0.2) is 43.7 Å². The fourth-order valence-corrected chi connectivity index (χ4v) is 4.35. The van der Waals surface area contributed by atoms with Crippen molar-refractivity contribution in [2.45, 2.75) is 29.9 Å². The summed E-state index contributed by atoms with van der Waals surface area (Å²) in [5.41, 5.74) is 1.78. The Hall–Kier alpha value is -2.26. The summed E-state index contributed by atoms with van der Waals surface area (Å²) >= 11 is 0. The first kappa shape index (κ1) is 19.5. The van der Waals surface area contributed by atoms with Crippen molar-refractivity contribution >= 4 is 15.9 Å². The molecule has 144 valence electrons. The third-order valence-electron chi connectivity index (χ3n) is 4.55. The average molecular weight is 390 g/mol. The zero-order valence-corrected chi connectivity index (χ0v) is 15.4. The highest BCUT2D eigenvalue weighted by Crippen LogP contribution is 2.21. The van der Waals surface area contributed by atoms with Crippen molar-refractivity contribution in [2.75, 3.05) is 13.2 Å². The topological polar surface area (TPSA) is 116 Å². The van der Waals surface area contributed by atoms with Gasteiger partial charge in [-0.25, -0.2) is 13.1 Å². The van der Waals surface area contributed by atoms with E-state index in [0.717, 1.165) is 5.56 Å². The van der Waals surface area contributed by atoms with Crippen molar-refractivity contribution < 1.29 is 23.4 Å². The van der Waals surface area contributed by atoms with Crippen LogP contribution >= 0.6 is 0 Å². The zero-order valence-electron chi connectivity index (χ0n) is 14.6. The molecule has 7 nitrogen and oxygen atoms in total. The molecular formula is C19H22N2O5S. The minimum atomic E-state index is -3.96. The van der Waals surface area contributed by atoms with Gasteiger partial charge >= 0.3 is 0 Å². The van der Waals surface area contributed by atoms with E-state index in [1.807, 2.05) is 6.07 Å². The maximum Gasteiger partial charge on any atom is 0.251 e. The second-order valence-corrected chi connectivity index (χ2v) is 8.20. The summed E-state index contributed by atoms with van der Waals surface area (Å²) in [4.78, 5) is 11.9. The predicted octanol–water partition coefficient (Wildman–Crippen LogP) is 0.735. The van der Waals surface area contributed by atoms with Crippen molar-refractivity contribution in [2.24, 2.45) is 0 Å². The van der Waals surface area contributed by atoms with Crippen LogP contribution in [0.15, 0.2) is 53.4 Å². The van der Waals surface area contributed by atoms with Crippen LogP contribution in [-0.2, 0) is 16.4 Å². The van der Waals surface area contributed by atoms with Gasteiger partial charge in [0.15, 0.2) is 0 Å². The van der Waals surface area contributed by atoms with Gasteiger partial charge in [0.25, 0.3) is 5.91 Å². The molecule has 0 radical (unpaired) electrons. The number of carbonyl (C=O) groups excluding carboxylic acids is 1. The number of fused-ring (bicyclic) bond motifs is 1. The van der Waals surface area contributed by atoms with Crippen LogP contribution in [0.3, 0.4) is 0 Å². The minimum Gasteiger partial charge on any atom is -0.395 e. The van der Waals surface area contributed by atoms with Gasteiger partial charge in [-0.2, -0.15) is 0 Å². The Kier molecular flexibility index (Phi) is 5.91. The highest BCUT2D eigenvalue weighted by atomic mass is 32.2. The quantitative estimate of drug-likeness (QED) is 0.556. The number of aliphatic hydroxyl groups excluding tert-OH is 2. The fraction of sp³-hybridized carbons (Fsp3) is 0.316. The van der Waals surface area contributed by atoms with Gasteiger partial charge in [0.05, 0.1) is 17.6 Å². The number of sulfonamides is 1. The molecule has 8 heteroatoms. The van der Waals surface area contributed by atoms with Gasteiger partial charge in [0.2, 0.25) is 10.0 Å². The second-order valence-electron chi connectivity index (χ2n) is 6.49. The summed E-state index contributed by atoms with van der Waals surface area (Å²) in [5, 5.41) is 22.5. The Bertz CT molecular complexity index is 915. The molecule has 27 heavy (non-hydrogen) atoms. The molecule has 4 N–H and O–H groups in total. The highest BCUT2D eigenvalue weighted by Gasteiger charge is 2.25. The van der Waals surface area contributed by atoms with E-state index >= 15 is 0 Å². The lowest BCUT2D eigenvalue weighted by Crippen LogP contribution is -2.39. The third kappa shape index (κ3) is 4.54. The molecule has 2 atom stereocenters. The summed E-state index contributed by atoms with van der Waals surface area (Å²) < 4.78 is 27.8. The SMILES string of the molecule is O=C1NCCc2ccc(S(=O)(=O)N[C@H](CO)C[C@@H](O)c3ccccc3)cc21. The van der Waals surface area contributed by atoms with Gasteiger partial charge in [0, 0.05) is 18.2 Å². The summed E-state index contributed by atoms with van der Waals surface area (Å²) in [6.45, 7) is 0.0642. The summed E-state index contributed by atoms with van der Waals surface area (Å²) in [5.74, 6) is -0.300. The van der Waals surface area contributed by atoms with Crippen molar-refractivity contribution in [3.8, 4) is 0 Å². The van der Waals surface area contributed by atoms with Gasteiger partial charge in [-0.05, 0) is 36.1 Å². The summed E-state index contributed by atoms with van der Waals surface area (Å²) in [6, 6.07) is 12.4. The summed E-state index contributed by atoms with van der Waals surface area (Å²) in [7, 11) is -3.96. The number of carbonyl (C=O) groups is 1. The molecule has 3 rings (SSSR count). The van der Waals surface area contributed by atoms with Gasteiger partial charge in [0.1, 0.15) is 0 Å². The summed E-state index contributed by atoms with van der Waals surface area (Å²) in [6.07, 6.45) is -0.247. The first-order chi connectivity index (χ1) is 12.9. The molecule has 1 heterocycles. The Morgan fingerprint density at radius 3 is 2.59 bits per heavy atom. The van der Waals surface area contributed by atoms with Crippen molar-refractivity contribution in [3.05, 3.63) is 65.2 Å². The lowest BCUT2D eigenvalue weighted by atomic mass is 10.0. The van der Waals surface area contributed by atoms with Crippen LogP contribution in [0.5, 0.6) is 0 Å². The molecule has 0 unspecified atom stereocenters. The van der Waals surface area contributed by atoms with Gasteiger partial charge < -0.3 is 15.5 Å². The smallest absolute Gasteiger partial charge is 0.251 e. The monoisotopic (exact) mass is 390 g/mol. The Labute approximate surface area is 158 Å². The molecular weight excluding hydrogens is 368 g/mol. The van der Waals surface area contributed by atoms with E-state index in [2.05, 4.69) is 10.0 Å². The molecule has 2 aromatic rings. The molecule has 0 fully saturated rings. The molecule has 0 aromatic heterocycles. The number of hydrogen-bond acceptors (Lipinski definition) is 5. The fourth-order valence-electron chi connectivity index (χ4n) is 3.09. The number of hydrogen-bond donors (Lipinski definition) is 4. The molecule has 0 saturated carbocycles. The van der Waals surface area contributed by atoms with E-state index in [0.29, 0.717) is 24.1 Å². The molecule has 0 bridgehead atoms. The first-order valence-electron chi connectivity index (χ1n) is 8.68. The van der Waals surface area contributed by atoms with Crippen molar-refractivity contribution in [1.82, 2.24) is 10.0 Å². The zero-order chi connectivity index (χ0) is 19.4. The largest absolute Gasteiger partial charge is 0.395 e. The predicted molar refractivity (Wildman–Crippen MR) is 99.7 cm³/mol. The lowest BCUT2D eigenvalue weighted by molar-refractivity contribution is 0.0945. The van der Waals surface area contributed by atoms with E-state index in [9.17, 15) is 23.4 Å². The van der Waals surface area contributed by atoms with Gasteiger partial charge in [-0.1, -0.05) is 36.4 Å². The van der Waals surface area contributed by atoms with E-state index in [1.165, 1.54) is 12.1 Å². The van der Waals surface area contributed by atoms with Crippen molar-refractivity contribution in [3.63, 3.8) is 0 Å². The standard InChI is InChI=1S/C19H22N2O5S/c22-12-15(10-18(23)14-4-2-1-3-5-14)21-27(25,26)16-7-6-13-8-9-20-19(24)17(13)11-16/h1-7,11,15,18,21-23H,8-10,12H2,(H,20,24)/t15-,18+/m0/s1. The maximum absolute atomic E-state index is 12.7. The molecule has 1 aliphatic heterocycles. The number of rotatable bonds is 7. The van der Waals surface area contributed by atoms with E-state index in [4.69, 9.17) is 0 Å². The number of aliphatic hydroxyl groups is 2. The maximum atomic E-state index is 12.7. The Balaban J connectivity index is 1.76. The van der Waals surface area contributed by atoms with Crippen LogP contribution in [0.2, 0.25) is 0 Å². The van der Waals surface area contributed by atoms with E-state index in [1.54, 1.807) is 30.3 Å². The molecule has 0 saturated heterocycles. The van der Waals surface area contributed by atoms with Crippen molar-refractivity contribution in [1.29, 1.82) is 0 Å². The highest BCUT2D eigenvalue weighted by molar-refractivity contribution is 7.89. The van der Waals surface area contributed by atoms with Gasteiger partial charge in [-0.3, -0.25) is 4.79 Å².